The smallest absolute Gasteiger partial charge is 0.408 e. The van der Waals surface area contributed by atoms with E-state index in [1.165, 1.54) is 0 Å². The van der Waals surface area contributed by atoms with Crippen molar-refractivity contribution in [2.75, 3.05) is 0 Å². The number of hydrogen-bond donors (Lipinski definition) is 6. The number of carboxylic acid groups (broad SMARTS) is 6. The van der Waals surface area contributed by atoms with Gasteiger partial charge in [0.2, 0.25) is 0 Å². The van der Waals surface area contributed by atoms with Crippen molar-refractivity contribution in [3.63, 3.8) is 0 Å². The molecular formula is C12H6N6Ni3O12. The van der Waals surface area contributed by atoms with Crippen molar-refractivity contribution in [3.8, 4) is 36.4 Å². The molecule has 0 saturated carbocycles. The van der Waals surface area contributed by atoms with Crippen molar-refractivity contribution in [1.29, 1.82) is 31.6 Å². The van der Waals surface area contributed by atoms with Gasteiger partial charge >= 0.3 is 35.8 Å². The quantitative estimate of drug-likeness (QED) is 0.0952. The Morgan fingerprint density at radius 1 is 0.333 bits per heavy atom. The van der Waals surface area contributed by atoms with Gasteiger partial charge in [-0.25, -0.2) is 28.8 Å². The van der Waals surface area contributed by atoms with Crippen molar-refractivity contribution < 1.29 is 109 Å². The van der Waals surface area contributed by atoms with Crippen LogP contribution in [-0.2, 0) is 78.2 Å². The summed E-state index contributed by atoms with van der Waals surface area (Å²) in [5.41, 5.74) is 0. The summed E-state index contributed by atoms with van der Waals surface area (Å²) < 4.78 is 0. The molecular weight excluding hydrogens is 596 g/mol. The van der Waals surface area contributed by atoms with Crippen molar-refractivity contribution in [2.45, 2.75) is 0 Å². The van der Waals surface area contributed by atoms with Crippen molar-refractivity contribution in [1.82, 2.24) is 0 Å². The number of aliphatic carboxylic acids is 6. The minimum Gasteiger partial charge on any atom is -0.470 e. The first kappa shape index (κ1) is 56.6. The molecule has 33 heavy (non-hydrogen) atoms. The van der Waals surface area contributed by atoms with E-state index in [4.69, 9.17) is 91.0 Å². The molecule has 0 bridgehead atoms. The minimum absolute atomic E-state index is 0. The normalized spacial score (nSPS) is 4.91. The molecule has 0 unspecified atom stereocenters. The van der Waals surface area contributed by atoms with Crippen LogP contribution in [0.25, 0.3) is 0 Å². The average Bonchev–Trinajstić information content (AvgIpc) is 2.69. The maximum Gasteiger partial charge on any atom is 0.408 e. The Morgan fingerprint density at radius 2 is 0.364 bits per heavy atom. The summed E-state index contributed by atoms with van der Waals surface area (Å²) >= 11 is 0. The molecule has 0 aliphatic carbocycles. The molecule has 0 saturated heterocycles. The molecule has 0 aliphatic rings. The molecule has 0 aliphatic heterocycles. The van der Waals surface area contributed by atoms with Crippen molar-refractivity contribution in [3.05, 3.63) is 0 Å². The minimum atomic E-state index is -1.44. The zero-order valence-corrected chi connectivity index (χ0v) is 17.7. The van der Waals surface area contributed by atoms with Crippen LogP contribution in [0.1, 0.15) is 0 Å². The molecule has 0 heterocycles. The Bertz CT molecular complexity index is 681. The van der Waals surface area contributed by atoms with Gasteiger partial charge in [0, 0.05) is 49.5 Å². The van der Waals surface area contributed by atoms with Gasteiger partial charge in [-0.3, -0.25) is 0 Å². The van der Waals surface area contributed by atoms with Crippen LogP contribution in [-0.4, -0.2) is 66.5 Å². The third kappa shape index (κ3) is 331. The number of carbonyl (C=O) groups is 6. The van der Waals surface area contributed by atoms with Gasteiger partial charge in [0.05, 0.1) is 0 Å². The number of nitrogens with zero attached hydrogens (tertiary/aromatic N) is 6. The molecule has 0 aromatic rings. The van der Waals surface area contributed by atoms with Crippen LogP contribution in [0.5, 0.6) is 0 Å². The van der Waals surface area contributed by atoms with Gasteiger partial charge in [-0.1, -0.05) is 0 Å². The molecule has 0 atom stereocenters. The summed E-state index contributed by atoms with van der Waals surface area (Å²) in [6, 6.07) is 5.67. The third-order valence-electron chi connectivity index (χ3n) is 0.574. The van der Waals surface area contributed by atoms with E-state index in [2.05, 4.69) is 0 Å². The van der Waals surface area contributed by atoms with E-state index in [9.17, 15) is 0 Å². The molecule has 0 spiro atoms. The molecule has 6 N–H and O–H groups in total. The van der Waals surface area contributed by atoms with E-state index in [-0.39, 0.29) is 49.5 Å². The predicted octanol–water partition coefficient (Wildman–Crippen LogP) is -2.44. The van der Waals surface area contributed by atoms with E-state index in [1.54, 1.807) is 0 Å². The predicted molar refractivity (Wildman–Crippen MR) is 79.5 cm³/mol. The number of nitriles is 6. The molecule has 186 valence electrons. The van der Waals surface area contributed by atoms with Crippen molar-refractivity contribution >= 4 is 35.8 Å². The summed E-state index contributed by atoms with van der Waals surface area (Å²) in [7, 11) is 0. The maximum absolute atomic E-state index is 9.01. The standard InChI is InChI=1S/6C2HNO2.3Ni/c6*3-1-2(4)5;;;/h6*(H,4,5);;;. The third-order valence-corrected chi connectivity index (χ3v) is 0.574. The van der Waals surface area contributed by atoms with Gasteiger partial charge in [0.1, 0.15) is 0 Å². The summed E-state index contributed by atoms with van der Waals surface area (Å²) in [4.78, 5) is 54.0. The Kier molecular flexibility index (Phi) is 86.9. The first-order chi connectivity index (χ1) is 13.6. The number of hydrogen-bond acceptors (Lipinski definition) is 12. The zero-order chi connectivity index (χ0) is 25.7. The number of rotatable bonds is 0. The average molecular weight is 602 g/mol. The van der Waals surface area contributed by atoms with Gasteiger partial charge < -0.3 is 30.6 Å². The number of carboxylic acids is 6. The molecule has 18 nitrogen and oxygen atoms in total. The molecule has 0 rings (SSSR count). The fourth-order valence-corrected chi connectivity index (χ4v) is 0. The van der Waals surface area contributed by atoms with E-state index >= 15 is 0 Å². The summed E-state index contributed by atoms with van der Waals surface area (Å²) in [5.74, 6) is -8.64. The maximum atomic E-state index is 9.01. The Balaban J connectivity index is -0.0000000294. The van der Waals surface area contributed by atoms with Gasteiger partial charge in [0.25, 0.3) is 0 Å². The monoisotopic (exact) mass is 600 g/mol. The van der Waals surface area contributed by atoms with Crippen LogP contribution < -0.4 is 0 Å². The summed E-state index contributed by atoms with van der Waals surface area (Å²) in [6.45, 7) is 0. The van der Waals surface area contributed by atoms with Crippen LogP contribution in [0, 0.1) is 68.0 Å². The SMILES string of the molecule is N#CC(=O)O.N#CC(=O)O.N#CC(=O)O.N#CC(=O)O.N#CC(=O)O.N#CC(=O)O.[Ni].[Ni].[Ni]. The fraction of sp³-hybridized carbons (Fsp3) is 0. The Labute approximate surface area is 212 Å². The second-order valence-corrected chi connectivity index (χ2v) is 2.50. The molecule has 0 aromatic heterocycles. The van der Waals surface area contributed by atoms with Crippen LogP contribution in [0.2, 0.25) is 0 Å². The first-order valence-electron chi connectivity index (χ1n) is 5.41. The van der Waals surface area contributed by atoms with Crippen LogP contribution in [0.4, 0.5) is 0 Å². The van der Waals surface area contributed by atoms with Gasteiger partial charge in [0.15, 0.2) is 36.4 Å². The molecule has 0 aromatic carbocycles. The van der Waals surface area contributed by atoms with E-state index in [0.717, 1.165) is 36.4 Å². The molecule has 0 amide bonds. The Morgan fingerprint density at radius 3 is 0.364 bits per heavy atom. The largest absolute Gasteiger partial charge is 0.470 e. The van der Waals surface area contributed by atoms with Gasteiger partial charge in [-0.15, -0.1) is 0 Å². The second kappa shape index (κ2) is 50.7. The first-order valence-corrected chi connectivity index (χ1v) is 5.41. The van der Waals surface area contributed by atoms with Crippen LogP contribution in [0.15, 0.2) is 0 Å². The fourth-order valence-electron chi connectivity index (χ4n) is 0. The van der Waals surface area contributed by atoms with Crippen LogP contribution in [0.3, 0.4) is 0 Å². The zero-order valence-electron chi connectivity index (χ0n) is 14.8. The summed E-state index contributed by atoms with van der Waals surface area (Å²) in [6.07, 6.45) is 0. The van der Waals surface area contributed by atoms with E-state index < -0.39 is 35.8 Å². The van der Waals surface area contributed by atoms with E-state index in [1.807, 2.05) is 0 Å². The Hall–Kier alpha value is -4.76. The second-order valence-electron chi connectivity index (χ2n) is 2.50. The van der Waals surface area contributed by atoms with Crippen molar-refractivity contribution in [2.24, 2.45) is 0 Å². The molecule has 21 heteroatoms. The van der Waals surface area contributed by atoms with Crippen LogP contribution >= 0.6 is 0 Å². The topological polar surface area (TPSA) is 367 Å². The van der Waals surface area contributed by atoms with Gasteiger partial charge in [-0.2, -0.15) is 31.6 Å². The van der Waals surface area contributed by atoms with Gasteiger partial charge in [-0.05, 0) is 0 Å². The summed E-state index contributed by atoms with van der Waals surface area (Å²) in [5, 5.41) is 87.9. The van der Waals surface area contributed by atoms with E-state index in [0.29, 0.717) is 0 Å². The molecule has 0 radical (unpaired) electrons. The molecule has 0 fully saturated rings.